The van der Waals surface area contributed by atoms with Crippen molar-refractivity contribution in [1.82, 2.24) is 4.90 Å². The Morgan fingerprint density at radius 3 is 2.31 bits per heavy atom. The van der Waals surface area contributed by atoms with Crippen LogP contribution >= 0.6 is 0 Å². The van der Waals surface area contributed by atoms with Crippen molar-refractivity contribution in [3.8, 4) is 11.5 Å². The maximum atomic E-state index is 12.9. The zero-order valence-electron chi connectivity index (χ0n) is 18.4. The Hall–Kier alpha value is -3.32. The average Bonchev–Trinajstić information content (AvgIpc) is 3.05. The van der Waals surface area contributed by atoms with E-state index in [0.717, 1.165) is 19.3 Å². The fraction of sp³-hybridized carbons (Fsp3) is 0.360. The largest absolute Gasteiger partial charge is 0.508 e. The van der Waals surface area contributed by atoms with Gasteiger partial charge in [-0.25, -0.2) is 0 Å². The number of methoxy groups -OCH3 is 1. The molecule has 0 radical (unpaired) electrons. The van der Waals surface area contributed by atoms with Gasteiger partial charge in [-0.05, 0) is 48.4 Å². The van der Waals surface area contributed by atoms with E-state index < -0.39 is 17.7 Å². The molecule has 1 aliphatic rings. The predicted molar refractivity (Wildman–Crippen MR) is 120 cm³/mol. The molecule has 3 rings (SSSR count). The second kappa shape index (κ2) is 10.8. The van der Waals surface area contributed by atoms with Gasteiger partial charge in [-0.15, -0.1) is 0 Å². The molecule has 0 aromatic heterocycles. The number of likely N-dealkylation sites (tertiary alicyclic amines) is 1. The highest BCUT2D eigenvalue weighted by Gasteiger charge is 2.45. The Bertz CT molecular complexity index is 965. The van der Waals surface area contributed by atoms with E-state index in [-0.39, 0.29) is 30.2 Å². The van der Waals surface area contributed by atoms with Crippen LogP contribution in [0.3, 0.4) is 0 Å². The summed E-state index contributed by atoms with van der Waals surface area (Å²) in [7, 11) is 1.51. The van der Waals surface area contributed by atoms with Crippen molar-refractivity contribution < 1.29 is 29.3 Å². The number of ketones is 1. The van der Waals surface area contributed by atoms with Gasteiger partial charge in [-0.2, -0.15) is 0 Å². The molecule has 1 atom stereocenters. The molecule has 1 saturated heterocycles. The molecule has 0 aliphatic carbocycles. The number of ether oxygens (including phenoxy) is 2. The molecule has 7 heteroatoms. The van der Waals surface area contributed by atoms with Crippen molar-refractivity contribution in [1.29, 1.82) is 0 Å². The Morgan fingerprint density at radius 1 is 1.00 bits per heavy atom. The van der Waals surface area contributed by atoms with Gasteiger partial charge in [0.05, 0.1) is 24.8 Å². The van der Waals surface area contributed by atoms with Crippen LogP contribution in [0.5, 0.6) is 11.5 Å². The number of hydrogen-bond donors (Lipinski definition) is 2. The van der Waals surface area contributed by atoms with E-state index >= 15 is 0 Å². The number of aromatic hydroxyl groups is 1. The number of nitrogens with zero attached hydrogens (tertiary/aromatic N) is 1. The zero-order chi connectivity index (χ0) is 23.1. The number of hydrogen-bond acceptors (Lipinski definition) is 6. The summed E-state index contributed by atoms with van der Waals surface area (Å²) in [5.41, 5.74) is 1.03. The molecule has 0 bridgehead atoms. The highest BCUT2D eigenvalue weighted by Crippen LogP contribution is 2.39. The number of aliphatic hydroxyl groups is 1. The SMILES string of the molecule is CCCCCOc1ccc(/C(O)=C2/C(=O)C(=O)N(CCOC)C2c2ccc(O)cc2)cc1. The monoisotopic (exact) mass is 439 g/mol. The maximum absolute atomic E-state index is 12.9. The van der Waals surface area contributed by atoms with Crippen LogP contribution in [-0.4, -0.2) is 53.7 Å². The third kappa shape index (κ3) is 5.11. The first-order chi connectivity index (χ1) is 15.5. The molecule has 2 aromatic rings. The molecule has 32 heavy (non-hydrogen) atoms. The third-order valence-electron chi connectivity index (χ3n) is 5.43. The number of rotatable bonds is 10. The number of amides is 1. The van der Waals surface area contributed by atoms with Gasteiger partial charge in [0.25, 0.3) is 11.7 Å². The summed E-state index contributed by atoms with van der Waals surface area (Å²) < 4.78 is 10.8. The van der Waals surface area contributed by atoms with Gasteiger partial charge in [-0.1, -0.05) is 31.9 Å². The first kappa shape index (κ1) is 23.3. The summed E-state index contributed by atoms with van der Waals surface area (Å²) >= 11 is 0. The van der Waals surface area contributed by atoms with Gasteiger partial charge in [-0.3, -0.25) is 9.59 Å². The second-order valence-corrected chi connectivity index (χ2v) is 7.66. The summed E-state index contributed by atoms with van der Waals surface area (Å²) in [5, 5.41) is 20.7. The van der Waals surface area contributed by atoms with Crippen molar-refractivity contribution in [3.05, 3.63) is 65.2 Å². The van der Waals surface area contributed by atoms with Crippen LogP contribution in [0.2, 0.25) is 0 Å². The molecule has 7 nitrogen and oxygen atoms in total. The molecule has 1 aliphatic heterocycles. The molecule has 2 aromatic carbocycles. The molecule has 0 spiro atoms. The van der Waals surface area contributed by atoms with E-state index in [1.165, 1.54) is 24.1 Å². The number of carbonyl (C=O) groups excluding carboxylic acids is 2. The highest BCUT2D eigenvalue weighted by atomic mass is 16.5. The number of aliphatic hydroxyl groups excluding tert-OH is 1. The van der Waals surface area contributed by atoms with Crippen LogP contribution in [0.25, 0.3) is 5.76 Å². The number of Topliss-reactive ketones (excluding diaryl/α,β-unsaturated/α-hetero) is 1. The summed E-state index contributed by atoms with van der Waals surface area (Å²) in [6.45, 7) is 3.17. The Labute approximate surface area is 187 Å². The molecule has 1 heterocycles. The van der Waals surface area contributed by atoms with Gasteiger partial charge >= 0.3 is 0 Å². The number of carbonyl (C=O) groups is 2. The van der Waals surface area contributed by atoms with Crippen molar-refractivity contribution >= 4 is 17.4 Å². The quantitative estimate of drug-likeness (QED) is 0.251. The van der Waals surface area contributed by atoms with Gasteiger partial charge in [0.1, 0.15) is 17.3 Å². The standard InChI is InChI=1S/C25H29NO6/c1-3-4-5-15-32-20-12-8-18(9-13-20)23(28)21-22(17-6-10-19(27)11-7-17)26(14-16-31-2)25(30)24(21)29/h6-13,22,27-28H,3-5,14-16H2,1-2H3/b23-21-. The molecular weight excluding hydrogens is 410 g/mol. The van der Waals surface area contributed by atoms with Crippen molar-refractivity contribution in [2.75, 3.05) is 26.9 Å². The van der Waals surface area contributed by atoms with Crippen LogP contribution in [0, 0.1) is 0 Å². The Balaban J connectivity index is 1.94. The Kier molecular flexibility index (Phi) is 7.89. The molecule has 1 unspecified atom stereocenters. The normalized spacial score (nSPS) is 17.7. The zero-order valence-corrected chi connectivity index (χ0v) is 18.4. The lowest BCUT2D eigenvalue weighted by Gasteiger charge is -2.25. The lowest BCUT2D eigenvalue weighted by molar-refractivity contribution is -0.140. The maximum Gasteiger partial charge on any atom is 0.295 e. The molecule has 0 saturated carbocycles. The minimum absolute atomic E-state index is 0.00778. The lowest BCUT2D eigenvalue weighted by atomic mass is 9.95. The van der Waals surface area contributed by atoms with Crippen LogP contribution in [-0.2, 0) is 14.3 Å². The molecule has 1 fully saturated rings. The van der Waals surface area contributed by atoms with E-state index in [1.807, 2.05) is 0 Å². The minimum Gasteiger partial charge on any atom is -0.508 e. The van der Waals surface area contributed by atoms with E-state index in [9.17, 15) is 19.8 Å². The first-order valence-corrected chi connectivity index (χ1v) is 10.8. The molecular formula is C25H29NO6. The van der Waals surface area contributed by atoms with Crippen LogP contribution < -0.4 is 4.74 Å². The smallest absolute Gasteiger partial charge is 0.295 e. The summed E-state index contributed by atoms with van der Waals surface area (Å²) in [5.74, 6) is -0.960. The highest BCUT2D eigenvalue weighted by molar-refractivity contribution is 6.46. The minimum atomic E-state index is -0.782. The molecule has 2 N–H and O–H groups in total. The molecule has 1 amide bonds. The van der Waals surface area contributed by atoms with E-state index in [4.69, 9.17) is 9.47 Å². The van der Waals surface area contributed by atoms with Crippen LogP contribution in [0.15, 0.2) is 54.1 Å². The van der Waals surface area contributed by atoms with Gasteiger partial charge in [0.15, 0.2) is 0 Å². The summed E-state index contributed by atoms with van der Waals surface area (Å²) in [6, 6.07) is 12.2. The van der Waals surface area contributed by atoms with Crippen LogP contribution in [0.4, 0.5) is 0 Å². The fourth-order valence-electron chi connectivity index (χ4n) is 3.71. The van der Waals surface area contributed by atoms with E-state index in [1.54, 1.807) is 36.4 Å². The van der Waals surface area contributed by atoms with Crippen LogP contribution in [0.1, 0.15) is 43.4 Å². The number of phenols is 1. The van der Waals surface area contributed by atoms with Crippen molar-refractivity contribution in [2.24, 2.45) is 0 Å². The second-order valence-electron chi connectivity index (χ2n) is 7.66. The third-order valence-corrected chi connectivity index (χ3v) is 5.43. The predicted octanol–water partition coefficient (Wildman–Crippen LogP) is 4.03. The van der Waals surface area contributed by atoms with Gasteiger partial charge in [0, 0.05) is 19.2 Å². The van der Waals surface area contributed by atoms with Gasteiger partial charge < -0.3 is 24.6 Å². The number of phenolic OH excluding ortho intramolecular Hbond substituents is 1. The Morgan fingerprint density at radius 2 is 1.69 bits per heavy atom. The number of unbranched alkanes of at least 4 members (excludes halogenated alkanes) is 2. The topological polar surface area (TPSA) is 96.3 Å². The summed E-state index contributed by atoms with van der Waals surface area (Å²) in [6.07, 6.45) is 3.18. The summed E-state index contributed by atoms with van der Waals surface area (Å²) in [4.78, 5) is 27.0. The molecule has 170 valence electrons. The lowest BCUT2D eigenvalue weighted by Crippen LogP contribution is -2.32. The average molecular weight is 440 g/mol. The number of benzene rings is 2. The van der Waals surface area contributed by atoms with E-state index in [0.29, 0.717) is 23.5 Å². The van der Waals surface area contributed by atoms with E-state index in [2.05, 4.69) is 6.92 Å². The van der Waals surface area contributed by atoms with Gasteiger partial charge in [0.2, 0.25) is 0 Å². The van der Waals surface area contributed by atoms with Crippen molar-refractivity contribution in [2.45, 2.75) is 32.2 Å². The fourth-order valence-corrected chi connectivity index (χ4v) is 3.71. The first-order valence-electron chi connectivity index (χ1n) is 10.8. The van der Waals surface area contributed by atoms with Crippen molar-refractivity contribution in [3.63, 3.8) is 0 Å².